The fourth-order valence-corrected chi connectivity index (χ4v) is 1.20. The van der Waals surface area contributed by atoms with Gasteiger partial charge in [0, 0.05) is 0 Å². The van der Waals surface area contributed by atoms with E-state index in [1.54, 1.807) is 5.32 Å². The first-order valence-corrected chi connectivity index (χ1v) is 4.58. The molecule has 18 heavy (non-hydrogen) atoms. The van der Waals surface area contributed by atoms with Crippen LogP contribution in [0.25, 0.3) is 0 Å². The van der Waals surface area contributed by atoms with E-state index in [0.717, 1.165) is 0 Å². The van der Waals surface area contributed by atoms with Crippen molar-refractivity contribution in [3.63, 3.8) is 0 Å². The molecule has 1 aromatic rings. The zero-order chi connectivity index (χ0) is 13.9. The fourth-order valence-electron chi connectivity index (χ4n) is 1.20. The normalized spacial score (nSPS) is 11.1. The fraction of sp³-hybridized carbons (Fsp3) is 0.200. The van der Waals surface area contributed by atoms with E-state index in [9.17, 15) is 27.2 Å². The molecule has 0 spiro atoms. The van der Waals surface area contributed by atoms with Gasteiger partial charge >= 0.3 is 12.1 Å². The quantitative estimate of drug-likeness (QED) is 0.817. The number of nitrogens with one attached hydrogen (secondary N) is 1. The molecule has 0 heterocycles. The van der Waals surface area contributed by atoms with Gasteiger partial charge in [-0.15, -0.1) is 0 Å². The molecule has 2 N–H and O–H groups in total. The Morgan fingerprint density at radius 1 is 1.28 bits per heavy atom. The standard InChI is InChI=1S/C10H7F4NO3/c11-5-1-2-6(7(3-5)10(12,13)14)9(18)15-4-8(16)17/h1-3H,4H2,(H,15,18)(H,16,17). The first kappa shape index (κ1) is 13.9. The lowest BCUT2D eigenvalue weighted by atomic mass is 10.1. The number of benzene rings is 1. The number of halogens is 4. The Balaban J connectivity index is 3.08. The van der Waals surface area contributed by atoms with Gasteiger partial charge in [-0.1, -0.05) is 0 Å². The predicted molar refractivity (Wildman–Crippen MR) is 51.4 cm³/mol. The van der Waals surface area contributed by atoms with Crippen LogP contribution in [0.3, 0.4) is 0 Å². The van der Waals surface area contributed by atoms with Crippen LogP contribution in [0.5, 0.6) is 0 Å². The highest BCUT2D eigenvalue weighted by atomic mass is 19.4. The molecular formula is C10H7F4NO3. The van der Waals surface area contributed by atoms with Crippen LogP contribution < -0.4 is 5.32 Å². The van der Waals surface area contributed by atoms with Gasteiger partial charge in [0.2, 0.25) is 0 Å². The van der Waals surface area contributed by atoms with Crippen molar-refractivity contribution in [2.24, 2.45) is 0 Å². The first-order valence-electron chi connectivity index (χ1n) is 4.58. The van der Waals surface area contributed by atoms with Crippen molar-refractivity contribution in [2.75, 3.05) is 6.54 Å². The minimum absolute atomic E-state index is 0.176. The zero-order valence-electron chi connectivity index (χ0n) is 8.71. The van der Waals surface area contributed by atoms with E-state index in [2.05, 4.69) is 0 Å². The third kappa shape index (κ3) is 3.44. The maximum atomic E-state index is 12.7. The molecule has 0 aliphatic heterocycles. The van der Waals surface area contributed by atoms with Crippen LogP contribution >= 0.6 is 0 Å². The molecule has 0 aliphatic rings. The molecule has 8 heteroatoms. The lowest BCUT2D eigenvalue weighted by Gasteiger charge is -2.12. The topological polar surface area (TPSA) is 66.4 Å². The summed E-state index contributed by atoms with van der Waals surface area (Å²) in [7, 11) is 0. The Hall–Kier alpha value is -2.12. The summed E-state index contributed by atoms with van der Waals surface area (Å²) < 4.78 is 50.3. The molecule has 0 unspecified atom stereocenters. The molecule has 0 aliphatic carbocycles. The van der Waals surface area contributed by atoms with Crippen LogP contribution in [0.4, 0.5) is 17.6 Å². The Kier molecular flexibility index (Phi) is 3.89. The molecule has 1 amide bonds. The number of amides is 1. The molecule has 1 rings (SSSR count). The summed E-state index contributed by atoms with van der Waals surface area (Å²) in [4.78, 5) is 21.5. The number of carboxylic acids is 1. The van der Waals surface area contributed by atoms with E-state index >= 15 is 0 Å². The summed E-state index contributed by atoms with van der Waals surface area (Å²) in [6.07, 6.45) is -4.90. The lowest BCUT2D eigenvalue weighted by Crippen LogP contribution is -2.31. The summed E-state index contributed by atoms with van der Waals surface area (Å²) in [5.41, 5.74) is -2.28. The maximum Gasteiger partial charge on any atom is 0.417 e. The summed E-state index contributed by atoms with van der Waals surface area (Å²) >= 11 is 0. The smallest absolute Gasteiger partial charge is 0.417 e. The van der Waals surface area contributed by atoms with Crippen molar-refractivity contribution >= 4 is 11.9 Å². The van der Waals surface area contributed by atoms with Crippen molar-refractivity contribution in [2.45, 2.75) is 6.18 Å². The van der Waals surface area contributed by atoms with Gasteiger partial charge in [0.25, 0.3) is 5.91 Å². The average molecular weight is 265 g/mol. The SMILES string of the molecule is O=C(O)CNC(=O)c1ccc(F)cc1C(F)(F)F. The van der Waals surface area contributed by atoms with E-state index in [-0.39, 0.29) is 6.07 Å². The number of carbonyl (C=O) groups is 2. The molecule has 0 aromatic heterocycles. The predicted octanol–water partition coefficient (Wildman–Crippen LogP) is 1.66. The molecule has 0 fully saturated rings. The number of hydrogen-bond acceptors (Lipinski definition) is 2. The Bertz CT molecular complexity index is 485. The highest BCUT2D eigenvalue weighted by molar-refractivity contribution is 5.97. The summed E-state index contributed by atoms with van der Waals surface area (Å²) in [5.74, 6) is -3.78. The number of alkyl halides is 3. The van der Waals surface area contributed by atoms with Crippen molar-refractivity contribution < 1.29 is 32.3 Å². The van der Waals surface area contributed by atoms with Gasteiger partial charge in [0.1, 0.15) is 12.4 Å². The van der Waals surface area contributed by atoms with Crippen molar-refractivity contribution in [3.8, 4) is 0 Å². The minimum Gasteiger partial charge on any atom is -0.480 e. The highest BCUT2D eigenvalue weighted by Crippen LogP contribution is 2.32. The second-order valence-electron chi connectivity index (χ2n) is 3.26. The number of rotatable bonds is 3. The Morgan fingerprint density at radius 2 is 1.89 bits per heavy atom. The Labute approximate surface area is 98.2 Å². The zero-order valence-corrected chi connectivity index (χ0v) is 8.71. The molecule has 4 nitrogen and oxygen atoms in total. The Morgan fingerprint density at radius 3 is 2.39 bits per heavy atom. The lowest BCUT2D eigenvalue weighted by molar-refractivity contribution is -0.138. The van der Waals surface area contributed by atoms with Gasteiger partial charge in [-0.2, -0.15) is 13.2 Å². The van der Waals surface area contributed by atoms with Gasteiger partial charge in [0.05, 0.1) is 11.1 Å². The average Bonchev–Trinajstić information content (AvgIpc) is 2.24. The molecule has 0 atom stereocenters. The van der Waals surface area contributed by atoms with Gasteiger partial charge in [-0.3, -0.25) is 9.59 Å². The number of hydrogen-bond donors (Lipinski definition) is 2. The van der Waals surface area contributed by atoms with Gasteiger partial charge in [-0.25, -0.2) is 4.39 Å². The number of aliphatic carboxylic acids is 1. The van der Waals surface area contributed by atoms with E-state index in [1.807, 2.05) is 0 Å². The summed E-state index contributed by atoms with van der Waals surface area (Å²) in [6.45, 7) is -0.826. The van der Waals surface area contributed by atoms with Crippen LogP contribution in [0.15, 0.2) is 18.2 Å². The van der Waals surface area contributed by atoms with Crippen molar-refractivity contribution in [3.05, 3.63) is 35.1 Å². The molecule has 0 radical (unpaired) electrons. The molecular weight excluding hydrogens is 258 g/mol. The second-order valence-corrected chi connectivity index (χ2v) is 3.26. The second kappa shape index (κ2) is 5.03. The molecule has 98 valence electrons. The monoisotopic (exact) mass is 265 g/mol. The van der Waals surface area contributed by atoms with E-state index in [4.69, 9.17) is 5.11 Å². The van der Waals surface area contributed by atoms with Crippen molar-refractivity contribution in [1.29, 1.82) is 0 Å². The van der Waals surface area contributed by atoms with Gasteiger partial charge in [-0.05, 0) is 18.2 Å². The van der Waals surface area contributed by atoms with Crippen LogP contribution in [0.2, 0.25) is 0 Å². The van der Waals surface area contributed by atoms with E-state index in [0.29, 0.717) is 12.1 Å². The summed E-state index contributed by atoms with van der Waals surface area (Å²) in [5, 5.41) is 10.1. The van der Waals surface area contributed by atoms with E-state index in [1.165, 1.54) is 0 Å². The van der Waals surface area contributed by atoms with Gasteiger partial charge in [0.15, 0.2) is 0 Å². The van der Waals surface area contributed by atoms with Crippen LogP contribution in [0.1, 0.15) is 15.9 Å². The van der Waals surface area contributed by atoms with E-state index < -0.39 is 41.5 Å². The largest absolute Gasteiger partial charge is 0.480 e. The summed E-state index contributed by atoms with van der Waals surface area (Å²) in [6, 6.07) is 1.51. The molecule has 0 bridgehead atoms. The maximum absolute atomic E-state index is 12.7. The number of carbonyl (C=O) groups excluding carboxylic acids is 1. The third-order valence-electron chi connectivity index (χ3n) is 1.93. The van der Waals surface area contributed by atoms with Crippen LogP contribution in [0, 0.1) is 5.82 Å². The highest BCUT2D eigenvalue weighted by Gasteiger charge is 2.35. The molecule has 0 saturated carbocycles. The van der Waals surface area contributed by atoms with Gasteiger partial charge < -0.3 is 10.4 Å². The third-order valence-corrected chi connectivity index (χ3v) is 1.93. The number of carboxylic acid groups (broad SMARTS) is 1. The first-order chi connectivity index (χ1) is 8.21. The van der Waals surface area contributed by atoms with Crippen LogP contribution in [-0.4, -0.2) is 23.5 Å². The molecule has 0 saturated heterocycles. The van der Waals surface area contributed by atoms with Crippen molar-refractivity contribution in [1.82, 2.24) is 5.32 Å². The van der Waals surface area contributed by atoms with Crippen LogP contribution in [-0.2, 0) is 11.0 Å². The minimum atomic E-state index is -4.90. The molecule has 1 aromatic carbocycles.